The van der Waals surface area contributed by atoms with Crippen LogP contribution < -0.4 is 4.74 Å². The Morgan fingerprint density at radius 2 is 1.88 bits per heavy atom. The molecule has 3 nitrogen and oxygen atoms in total. The number of hydrogen-bond donors (Lipinski definition) is 1. The molecular formula is C13H12O3S. The van der Waals surface area contributed by atoms with Gasteiger partial charge in [-0.3, -0.25) is 0 Å². The molecule has 2 rings (SSSR count). The quantitative estimate of drug-likeness (QED) is 0.655. The molecule has 2 aromatic rings. The van der Waals surface area contributed by atoms with E-state index in [4.69, 9.17) is 9.47 Å². The van der Waals surface area contributed by atoms with E-state index in [0.717, 1.165) is 16.5 Å². The summed E-state index contributed by atoms with van der Waals surface area (Å²) in [6, 6.07) is 9.22. The van der Waals surface area contributed by atoms with Crippen LogP contribution in [-0.4, -0.2) is 20.2 Å². The molecule has 2 aromatic carbocycles. The summed E-state index contributed by atoms with van der Waals surface area (Å²) in [4.78, 5) is 12.1. The number of hydrogen-bond acceptors (Lipinski definition) is 4. The fourth-order valence-electron chi connectivity index (χ4n) is 1.68. The molecule has 0 N–H and O–H groups in total. The maximum atomic E-state index is 11.5. The molecule has 4 heteroatoms. The molecule has 0 spiro atoms. The lowest BCUT2D eigenvalue weighted by molar-refractivity contribution is 0.0597. The van der Waals surface area contributed by atoms with Crippen molar-refractivity contribution in [2.45, 2.75) is 4.90 Å². The summed E-state index contributed by atoms with van der Waals surface area (Å²) in [6.07, 6.45) is 0. The van der Waals surface area contributed by atoms with E-state index in [-0.39, 0.29) is 5.97 Å². The Hall–Kier alpha value is -1.68. The van der Waals surface area contributed by atoms with Gasteiger partial charge in [-0.1, -0.05) is 12.1 Å². The lowest BCUT2D eigenvalue weighted by Crippen LogP contribution is -2.02. The zero-order valence-electron chi connectivity index (χ0n) is 9.56. The van der Waals surface area contributed by atoms with Gasteiger partial charge in [-0.15, -0.1) is 12.6 Å². The van der Waals surface area contributed by atoms with Crippen molar-refractivity contribution in [3.8, 4) is 5.75 Å². The Kier molecular flexibility index (Phi) is 3.24. The number of methoxy groups -OCH3 is 2. The Bertz CT molecular complexity index is 578. The third-order valence-electron chi connectivity index (χ3n) is 2.61. The van der Waals surface area contributed by atoms with E-state index >= 15 is 0 Å². The molecule has 0 aliphatic rings. The van der Waals surface area contributed by atoms with Crippen molar-refractivity contribution < 1.29 is 14.3 Å². The summed E-state index contributed by atoms with van der Waals surface area (Å²) in [5.74, 6) is 0.342. The Balaban J connectivity index is 2.68. The number of thiol groups is 1. The number of esters is 1. The van der Waals surface area contributed by atoms with Crippen molar-refractivity contribution in [1.82, 2.24) is 0 Å². The highest BCUT2D eigenvalue weighted by molar-refractivity contribution is 7.80. The lowest BCUT2D eigenvalue weighted by atomic mass is 10.1. The van der Waals surface area contributed by atoms with Gasteiger partial charge in [-0.05, 0) is 29.0 Å². The van der Waals surface area contributed by atoms with Gasteiger partial charge in [0.1, 0.15) is 5.75 Å². The van der Waals surface area contributed by atoms with Crippen molar-refractivity contribution in [2.75, 3.05) is 14.2 Å². The van der Waals surface area contributed by atoms with Gasteiger partial charge in [-0.2, -0.15) is 0 Å². The molecule has 0 atom stereocenters. The van der Waals surface area contributed by atoms with Crippen LogP contribution in [0.15, 0.2) is 35.2 Å². The monoisotopic (exact) mass is 248 g/mol. The van der Waals surface area contributed by atoms with Crippen LogP contribution in [-0.2, 0) is 4.74 Å². The molecule has 0 aromatic heterocycles. The Morgan fingerprint density at radius 1 is 1.18 bits per heavy atom. The number of ether oxygens (including phenoxy) is 2. The van der Waals surface area contributed by atoms with Gasteiger partial charge in [0.25, 0.3) is 0 Å². The van der Waals surface area contributed by atoms with Gasteiger partial charge in [0, 0.05) is 4.90 Å². The molecule has 0 radical (unpaired) electrons. The van der Waals surface area contributed by atoms with E-state index in [1.165, 1.54) is 7.11 Å². The first-order valence-electron chi connectivity index (χ1n) is 5.05. The molecular weight excluding hydrogens is 236 g/mol. The van der Waals surface area contributed by atoms with Crippen LogP contribution in [0.2, 0.25) is 0 Å². The van der Waals surface area contributed by atoms with Gasteiger partial charge in [0.2, 0.25) is 0 Å². The van der Waals surface area contributed by atoms with E-state index in [9.17, 15) is 4.79 Å². The second-order valence-electron chi connectivity index (χ2n) is 3.54. The molecule has 0 aliphatic heterocycles. The molecule has 0 amide bonds. The third-order valence-corrected chi connectivity index (χ3v) is 3.09. The molecule has 0 heterocycles. The first kappa shape index (κ1) is 11.8. The Morgan fingerprint density at radius 3 is 2.53 bits per heavy atom. The molecule has 0 saturated heterocycles. The van der Waals surface area contributed by atoms with Crippen molar-refractivity contribution in [3.63, 3.8) is 0 Å². The van der Waals surface area contributed by atoms with Crippen LogP contribution in [0.5, 0.6) is 5.75 Å². The first-order chi connectivity index (χ1) is 8.17. The minimum Gasteiger partial charge on any atom is -0.497 e. The van der Waals surface area contributed by atoms with Gasteiger partial charge in [0.15, 0.2) is 0 Å². The second-order valence-corrected chi connectivity index (χ2v) is 3.99. The smallest absolute Gasteiger partial charge is 0.339 e. The van der Waals surface area contributed by atoms with Gasteiger partial charge >= 0.3 is 5.97 Å². The predicted molar refractivity (Wildman–Crippen MR) is 69.1 cm³/mol. The predicted octanol–water partition coefficient (Wildman–Crippen LogP) is 2.92. The highest BCUT2D eigenvalue weighted by Gasteiger charge is 2.12. The zero-order valence-corrected chi connectivity index (χ0v) is 10.5. The van der Waals surface area contributed by atoms with Crippen LogP contribution in [0.1, 0.15) is 10.4 Å². The molecule has 0 aliphatic carbocycles. The third kappa shape index (κ3) is 2.08. The maximum absolute atomic E-state index is 11.5. The van der Waals surface area contributed by atoms with Crippen LogP contribution in [0.4, 0.5) is 0 Å². The number of carbonyl (C=O) groups is 1. The van der Waals surface area contributed by atoms with Crippen LogP contribution in [0.3, 0.4) is 0 Å². The first-order valence-corrected chi connectivity index (χ1v) is 5.50. The van der Waals surface area contributed by atoms with Crippen LogP contribution in [0.25, 0.3) is 10.8 Å². The zero-order chi connectivity index (χ0) is 12.4. The topological polar surface area (TPSA) is 35.5 Å². The van der Waals surface area contributed by atoms with Crippen LogP contribution in [0, 0.1) is 0 Å². The number of benzene rings is 2. The number of rotatable bonds is 2. The van der Waals surface area contributed by atoms with E-state index < -0.39 is 0 Å². The standard InChI is InChI=1S/C13H12O3S/c1-15-9-5-3-8-4-6-10(13(14)16-2)12(17)11(8)7-9/h3-7,17H,1-2H3. The van der Waals surface area contributed by atoms with E-state index in [1.807, 2.05) is 24.3 Å². The van der Waals surface area contributed by atoms with Crippen molar-refractivity contribution in [1.29, 1.82) is 0 Å². The van der Waals surface area contributed by atoms with Gasteiger partial charge in [0.05, 0.1) is 19.8 Å². The highest BCUT2D eigenvalue weighted by atomic mass is 32.1. The molecule has 0 bridgehead atoms. The van der Waals surface area contributed by atoms with Gasteiger partial charge < -0.3 is 9.47 Å². The summed E-state index contributed by atoms with van der Waals surface area (Å²) >= 11 is 4.39. The molecule has 0 fully saturated rings. The molecule has 88 valence electrons. The summed E-state index contributed by atoms with van der Waals surface area (Å²) < 4.78 is 9.86. The van der Waals surface area contributed by atoms with E-state index in [0.29, 0.717) is 10.5 Å². The minimum atomic E-state index is -0.389. The van der Waals surface area contributed by atoms with Gasteiger partial charge in [-0.25, -0.2) is 4.79 Å². The minimum absolute atomic E-state index is 0.389. The van der Waals surface area contributed by atoms with Crippen molar-refractivity contribution >= 4 is 29.4 Å². The van der Waals surface area contributed by atoms with Crippen molar-refractivity contribution in [3.05, 3.63) is 35.9 Å². The van der Waals surface area contributed by atoms with Crippen molar-refractivity contribution in [2.24, 2.45) is 0 Å². The highest BCUT2D eigenvalue weighted by Crippen LogP contribution is 2.29. The summed E-state index contributed by atoms with van der Waals surface area (Å²) in [7, 11) is 2.95. The van der Waals surface area contributed by atoms with E-state index in [2.05, 4.69) is 12.6 Å². The average Bonchev–Trinajstić information content (AvgIpc) is 2.38. The number of carbonyl (C=O) groups excluding carboxylic acids is 1. The Labute approximate surface area is 105 Å². The molecule has 0 saturated carbocycles. The lowest BCUT2D eigenvalue weighted by Gasteiger charge is -2.08. The molecule has 17 heavy (non-hydrogen) atoms. The molecule has 0 unspecified atom stereocenters. The fourth-order valence-corrected chi connectivity index (χ4v) is 2.04. The normalized spacial score (nSPS) is 10.3. The summed E-state index contributed by atoms with van der Waals surface area (Å²) in [6.45, 7) is 0. The SMILES string of the molecule is COC(=O)c1ccc2ccc(OC)cc2c1S. The largest absolute Gasteiger partial charge is 0.497 e. The average molecular weight is 248 g/mol. The van der Waals surface area contributed by atoms with E-state index in [1.54, 1.807) is 13.2 Å². The second kappa shape index (κ2) is 4.67. The fraction of sp³-hybridized carbons (Fsp3) is 0.154. The summed E-state index contributed by atoms with van der Waals surface area (Å²) in [5, 5.41) is 1.87. The van der Waals surface area contributed by atoms with Crippen LogP contribution >= 0.6 is 12.6 Å². The maximum Gasteiger partial charge on any atom is 0.339 e. The summed E-state index contributed by atoms with van der Waals surface area (Å²) in [5.41, 5.74) is 0.455. The number of fused-ring (bicyclic) bond motifs is 1.